The van der Waals surface area contributed by atoms with E-state index in [2.05, 4.69) is 53.8 Å². The number of fused-ring (bicyclic) bond motifs is 1. The molecule has 130 valence electrons. The highest BCUT2D eigenvalue weighted by Crippen LogP contribution is 2.20. The number of aliphatic hydroxyl groups excluding tert-OH is 1. The Morgan fingerprint density at radius 2 is 1.80 bits per heavy atom. The van der Waals surface area contributed by atoms with E-state index in [1.165, 1.54) is 16.3 Å². The molecule has 0 unspecified atom stereocenters. The molecule has 0 amide bonds. The van der Waals surface area contributed by atoms with Crippen LogP contribution in [0.5, 0.6) is 5.75 Å². The second kappa shape index (κ2) is 8.65. The second-order valence-corrected chi connectivity index (χ2v) is 6.31. The van der Waals surface area contributed by atoms with Gasteiger partial charge in [-0.3, -0.25) is 0 Å². The number of benzene rings is 3. The molecule has 0 saturated heterocycles. The molecule has 0 aliphatic carbocycles. The van der Waals surface area contributed by atoms with E-state index in [1.54, 1.807) is 7.11 Å². The van der Waals surface area contributed by atoms with Crippen molar-refractivity contribution >= 4 is 10.8 Å². The maximum atomic E-state index is 10.3. The minimum atomic E-state index is -0.357. The molecule has 0 heterocycles. The number of hydrogen-bond donors (Lipinski definition) is 2. The van der Waals surface area contributed by atoms with E-state index in [0.29, 0.717) is 6.54 Å². The van der Waals surface area contributed by atoms with Crippen molar-refractivity contribution in [3.8, 4) is 5.75 Å². The summed E-state index contributed by atoms with van der Waals surface area (Å²) in [5.74, 6) is 0.857. The molecule has 3 aromatic rings. The highest BCUT2D eigenvalue weighted by atomic mass is 16.5. The van der Waals surface area contributed by atoms with Gasteiger partial charge in [0.1, 0.15) is 5.75 Å². The summed E-state index contributed by atoms with van der Waals surface area (Å²) in [5, 5.41) is 16.1. The van der Waals surface area contributed by atoms with Crippen LogP contribution in [-0.2, 0) is 13.0 Å². The van der Waals surface area contributed by atoms with Crippen LogP contribution in [0, 0.1) is 0 Å². The van der Waals surface area contributed by atoms with Crippen molar-refractivity contribution in [2.45, 2.75) is 25.5 Å². The average molecular weight is 335 g/mol. The largest absolute Gasteiger partial charge is 0.497 e. The molecular formula is C22H25NO2. The number of methoxy groups -OCH3 is 1. The fourth-order valence-corrected chi connectivity index (χ4v) is 3.10. The summed E-state index contributed by atoms with van der Waals surface area (Å²) in [7, 11) is 1.67. The lowest BCUT2D eigenvalue weighted by Crippen LogP contribution is -2.26. The van der Waals surface area contributed by atoms with Crippen LogP contribution in [-0.4, -0.2) is 24.9 Å². The Labute approximate surface area is 149 Å². The van der Waals surface area contributed by atoms with Crippen LogP contribution >= 0.6 is 0 Å². The van der Waals surface area contributed by atoms with Gasteiger partial charge < -0.3 is 15.2 Å². The minimum absolute atomic E-state index is 0.357. The summed E-state index contributed by atoms with van der Waals surface area (Å²) in [6, 6.07) is 22.8. The van der Waals surface area contributed by atoms with Gasteiger partial charge in [-0.2, -0.15) is 0 Å². The maximum Gasteiger partial charge on any atom is 0.119 e. The summed E-state index contributed by atoms with van der Waals surface area (Å²) in [5.41, 5.74) is 2.45. The Hall–Kier alpha value is -2.36. The van der Waals surface area contributed by atoms with Crippen molar-refractivity contribution in [1.82, 2.24) is 5.32 Å². The minimum Gasteiger partial charge on any atom is -0.497 e. The SMILES string of the molecule is COc1cccc(CNC[C@H](O)CCc2cccc3ccccc23)c1. The molecule has 2 N–H and O–H groups in total. The van der Waals surface area contributed by atoms with Crippen LogP contribution < -0.4 is 10.1 Å². The number of ether oxygens (including phenoxy) is 1. The van der Waals surface area contributed by atoms with Crippen LogP contribution in [0.1, 0.15) is 17.5 Å². The van der Waals surface area contributed by atoms with E-state index in [1.807, 2.05) is 18.2 Å². The standard InChI is InChI=1S/C22H25NO2/c1-25-21-10-4-6-17(14-21)15-23-16-20(24)13-12-19-9-5-8-18-7-2-3-11-22(18)19/h2-11,14,20,23-24H,12-13,15-16H2,1H3/t20-/m1/s1. The molecule has 0 aliphatic rings. The Kier molecular flexibility index (Phi) is 6.04. The van der Waals surface area contributed by atoms with E-state index in [0.717, 1.165) is 30.7 Å². The Morgan fingerprint density at radius 3 is 2.68 bits per heavy atom. The Bertz CT molecular complexity index is 810. The second-order valence-electron chi connectivity index (χ2n) is 6.31. The normalized spacial score (nSPS) is 12.2. The fraction of sp³-hybridized carbons (Fsp3) is 0.273. The zero-order chi connectivity index (χ0) is 17.5. The lowest BCUT2D eigenvalue weighted by atomic mass is 9.99. The molecule has 25 heavy (non-hydrogen) atoms. The van der Waals surface area contributed by atoms with Gasteiger partial charge in [-0.05, 0) is 46.9 Å². The highest BCUT2D eigenvalue weighted by molar-refractivity contribution is 5.85. The van der Waals surface area contributed by atoms with Crippen LogP contribution in [0.4, 0.5) is 0 Å². The molecule has 0 aromatic heterocycles. The average Bonchev–Trinajstić information content (AvgIpc) is 2.66. The Morgan fingerprint density at radius 1 is 1.00 bits per heavy atom. The van der Waals surface area contributed by atoms with Crippen molar-refractivity contribution in [2.75, 3.05) is 13.7 Å². The van der Waals surface area contributed by atoms with E-state index in [-0.39, 0.29) is 6.10 Å². The number of rotatable bonds is 8. The van der Waals surface area contributed by atoms with Crippen molar-refractivity contribution in [3.63, 3.8) is 0 Å². The first-order chi connectivity index (χ1) is 12.3. The van der Waals surface area contributed by atoms with Gasteiger partial charge in [0.25, 0.3) is 0 Å². The summed E-state index contributed by atoms with van der Waals surface area (Å²) in [6.07, 6.45) is 1.27. The maximum absolute atomic E-state index is 10.3. The monoisotopic (exact) mass is 335 g/mol. The third kappa shape index (κ3) is 4.81. The molecule has 3 aromatic carbocycles. The third-order valence-corrected chi connectivity index (χ3v) is 4.47. The predicted octanol–water partition coefficient (Wildman–Crippen LogP) is 3.93. The van der Waals surface area contributed by atoms with Gasteiger partial charge in [-0.1, -0.05) is 54.6 Å². The summed E-state index contributed by atoms with van der Waals surface area (Å²) >= 11 is 0. The van der Waals surface area contributed by atoms with Crippen molar-refractivity contribution in [1.29, 1.82) is 0 Å². The predicted molar refractivity (Wildman–Crippen MR) is 103 cm³/mol. The van der Waals surface area contributed by atoms with Crippen molar-refractivity contribution in [3.05, 3.63) is 77.9 Å². The molecule has 0 fully saturated rings. The molecule has 0 saturated carbocycles. The number of nitrogens with one attached hydrogen (secondary N) is 1. The number of aryl methyl sites for hydroxylation is 1. The quantitative estimate of drug-likeness (QED) is 0.655. The number of hydrogen-bond acceptors (Lipinski definition) is 3. The number of aliphatic hydroxyl groups is 1. The first-order valence-corrected chi connectivity index (χ1v) is 8.74. The molecule has 3 nitrogen and oxygen atoms in total. The topological polar surface area (TPSA) is 41.5 Å². The summed E-state index contributed by atoms with van der Waals surface area (Å²) in [4.78, 5) is 0. The van der Waals surface area contributed by atoms with Gasteiger partial charge in [0.05, 0.1) is 13.2 Å². The molecule has 3 rings (SSSR count). The van der Waals surface area contributed by atoms with Crippen molar-refractivity contribution < 1.29 is 9.84 Å². The van der Waals surface area contributed by atoms with Gasteiger partial charge in [-0.15, -0.1) is 0 Å². The van der Waals surface area contributed by atoms with Crippen LogP contribution in [0.25, 0.3) is 10.8 Å². The van der Waals surface area contributed by atoms with Crippen LogP contribution in [0.15, 0.2) is 66.7 Å². The zero-order valence-electron chi connectivity index (χ0n) is 14.6. The molecular weight excluding hydrogens is 310 g/mol. The molecule has 0 bridgehead atoms. The van der Waals surface area contributed by atoms with Gasteiger partial charge in [-0.25, -0.2) is 0 Å². The van der Waals surface area contributed by atoms with Crippen LogP contribution in [0.3, 0.4) is 0 Å². The Balaban J connectivity index is 1.48. The summed E-state index contributed by atoms with van der Waals surface area (Å²) in [6.45, 7) is 1.31. The molecule has 0 radical (unpaired) electrons. The summed E-state index contributed by atoms with van der Waals surface area (Å²) < 4.78 is 5.23. The van der Waals surface area contributed by atoms with E-state index in [9.17, 15) is 5.11 Å². The van der Waals surface area contributed by atoms with Gasteiger partial charge >= 0.3 is 0 Å². The van der Waals surface area contributed by atoms with Crippen LogP contribution in [0.2, 0.25) is 0 Å². The van der Waals surface area contributed by atoms with Gasteiger partial charge in [0.15, 0.2) is 0 Å². The van der Waals surface area contributed by atoms with Crippen molar-refractivity contribution in [2.24, 2.45) is 0 Å². The molecule has 3 heteroatoms. The van der Waals surface area contributed by atoms with E-state index in [4.69, 9.17) is 4.74 Å². The van der Waals surface area contributed by atoms with E-state index >= 15 is 0 Å². The molecule has 0 aliphatic heterocycles. The molecule has 0 spiro atoms. The smallest absolute Gasteiger partial charge is 0.119 e. The highest BCUT2D eigenvalue weighted by Gasteiger charge is 2.07. The lowest BCUT2D eigenvalue weighted by Gasteiger charge is -2.13. The first-order valence-electron chi connectivity index (χ1n) is 8.74. The van der Waals surface area contributed by atoms with Gasteiger partial charge in [0, 0.05) is 13.1 Å². The first kappa shape index (κ1) is 17.5. The molecule has 1 atom stereocenters. The third-order valence-electron chi connectivity index (χ3n) is 4.47. The van der Waals surface area contributed by atoms with Gasteiger partial charge in [0.2, 0.25) is 0 Å². The fourth-order valence-electron chi connectivity index (χ4n) is 3.10. The van der Waals surface area contributed by atoms with E-state index < -0.39 is 0 Å². The lowest BCUT2D eigenvalue weighted by molar-refractivity contribution is 0.162. The zero-order valence-corrected chi connectivity index (χ0v) is 14.6.